The molecule has 0 amide bonds. The van der Waals surface area contributed by atoms with E-state index in [1.165, 1.54) is 24.1 Å². The molecule has 5 nitrogen and oxygen atoms in total. The number of anilines is 2. The number of hydrogen-bond acceptors (Lipinski definition) is 4. The molecule has 1 fully saturated rings. The fourth-order valence-corrected chi connectivity index (χ4v) is 3.17. The molecule has 1 aromatic carbocycles. The van der Waals surface area contributed by atoms with E-state index in [1.807, 2.05) is 12.3 Å². The van der Waals surface area contributed by atoms with Gasteiger partial charge in [-0.3, -0.25) is 4.68 Å². The highest BCUT2D eigenvalue weighted by atomic mass is 15.3. The molecule has 0 radical (unpaired) electrons. The van der Waals surface area contributed by atoms with Crippen molar-refractivity contribution in [2.75, 3.05) is 5.32 Å². The van der Waals surface area contributed by atoms with Crippen molar-refractivity contribution in [1.29, 1.82) is 0 Å². The minimum Gasteiger partial charge on any atom is -0.337 e. The van der Waals surface area contributed by atoms with Crippen LogP contribution >= 0.6 is 0 Å². The third-order valence-electron chi connectivity index (χ3n) is 4.43. The first-order valence-corrected chi connectivity index (χ1v) is 8.66. The van der Waals surface area contributed by atoms with Crippen molar-refractivity contribution >= 4 is 22.4 Å². The van der Waals surface area contributed by atoms with Gasteiger partial charge in [-0.25, -0.2) is 9.97 Å². The first kappa shape index (κ1) is 15.1. The maximum atomic E-state index is 4.62. The SMILES string of the molecule is Cc1ccc2ncnc(Nc3cnn(CC(C)C)c3C3CC3)c2c1. The fourth-order valence-electron chi connectivity index (χ4n) is 3.17. The Morgan fingerprint density at radius 3 is 2.83 bits per heavy atom. The Hall–Kier alpha value is -2.43. The molecular weight excluding hydrogens is 298 g/mol. The van der Waals surface area contributed by atoms with Crippen molar-refractivity contribution in [3.63, 3.8) is 0 Å². The van der Waals surface area contributed by atoms with Gasteiger partial charge in [-0.05, 0) is 37.8 Å². The summed E-state index contributed by atoms with van der Waals surface area (Å²) in [5, 5.41) is 9.20. The molecule has 0 aliphatic heterocycles. The van der Waals surface area contributed by atoms with Crippen molar-refractivity contribution in [2.24, 2.45) is 5.92 Å². The van der Waals surface area contributed by atoms with Gasteiger partial charge in [-0.2, -0.15) is 5.10 Å². The van der Waals surface area contributed by atoms with E-state index in [1.54, 1.807) is 6.33 Å². The van der Waals surface area contributed by atoms with Crippen molar-refractivity contribution in [3.05, 3.63) is 42.0 Å². The van der Waals surface area contributed by atoms with Crippen molar-refractivity contribution in [2.45, 2.75) is 46.1 Å². The molecule has 0 atom stereocenters. The van der Waals surface area contributed by atoms with Crippen LogP contribution in [-0.2, 0) is 6.54 Å². The van der Waals surface area contributed by atoms with Crippen molar-refractivity contribution < 1.29 is 0 Å². The Morgan fingerprint density at radius 2 is 2.08 bits per heavy atom. The van der Waals surface area contributed by atoms with E-state index in [0.29, 0.717) is 11.8 Å². The van der Waals surface area contributed by atoms with E-state index in [2.05, 4.69) is 58.0 Å². The first-order valence-electron chi connectivity index (χ1n) is 8.66. The molecule has 1 saturated carbocycles. The van der Waals surface area contributed by atoms with Crippen LogP contribution in [0.1, 0.15) is 43.9 Å². The van der Waals surface area contributed by atoms with Crippen LogP contribution in [0.15, 0.2) is 30.7 Å². The van der Waals surface area contributed by atoms with Gasteiger partial charge in [-0.1, -0.05) is 25.5 Å². The Labute approximate surface area is 142 Å². The molecule has 3 aromatic rings. The number of fused-ring (bicyclic) bond motifs is 1. The van der Waals surface area contributed by atoms with Gasteiger partial charge in [0.15, 0.2) is 0 Å². The van der Waals surface area contributed by atoms with Gasteiger partial charge in [0.1, 0.15) is 12.1 Å². The highest BCUT2D eigenvalue weighted by molar-refractivity contribution is 5.91. The predicted molar refractivity (Wildman–Crippen MR) is 96.6 cm³/mol. The van der Waals surface area contributed by atoms with Gasteiger partial charge >= 0.3 is 0 Å². The maximum Gasteiger partial charge on any atom is 0.141 e. The number of nitrogens with one attached hydrogen (secondary N) is 1. The second-order valence-corrected chi connectivity index (χ2v) is 7.16. The largest absolute Gasteiger partial charge is 0.337 e. The van der Waals surface area contributed by atoms with E-state index < -0.39 is 0 Å². The Bertz CT molecular complexity index is 877. The molecule has 0 spiro atoms. The lowest BCUT2D eigenvalue weighted by Crippen LogP contribution is -2.10. The first-order chi connectivity index (χ1) is 11.6. The number of nitrogens with zero attached hydrogens (tertiary/aromatic N) is 4. The van der Waals surface area contributed by atoms with Crippen LogP contribution in [0, 0.1) is 12.8 Å². The topological polar surface area (TPSA) is 55.6 Å². The standard InChI is InChI=1S/C19H23N5/c1-12(2)10-24-18(14-5-6-14)17(9-22-24)23-19-15-8-13(3)4-7-16(15)20-11-21-19/h4,7-9,11-12,14H,5-6,10H2,1-3H3,(H,20,21,23). The third kappa shape index (κ3) is 2.86. The number of benzene rings is 1. The molecule has 1 N–H and O–H groups in total. The molecule has 2 heterocycles. The number of hydrogen-bond donors (Lipinski definition) is 1. The highest BCUT2D eigenvalue weighted by Crippen LogP contribution is 2.44. The predicted octanol–water partition coefficient (Wildman–Crippen LogP) is 4.41. The Kier molecular flexibility index (Phi) is 3.71. The molecule has 1 aliphatic carbocycles. The van der Waals surface area contributed by atoms with Gasteiger partial charge in [0.2, 0.25) is 0 Å². The molecule has 2 aromatic heterocycles. The quantitative estimate of drug-likeness (QED) is 0.756. The summed E-state index contributed by atoms with van der Waals surface area (Å²) in [6.07, 6.45) is 6.07. The second kappa shape index (κ2) is 5.89. The third-order valence-corrected chi connectivity index (χ3v) is 4.43. The molecule has 0 unspecified atom stereocenters. The fraction of sp³-hybridized carbons (Fsp3) is 0.421. The molecule has 1 aliphatic rings. The number of aromatic nitrogens is 4. The van der Waals surface area contributed by atoms with Crippen molar-refractivity contribution in [1.82, 2.24) is 19.7 Å². The Balaban J connectivity index is 1.73. The summed E-state index contributed by atoms with van der Waals surface area (Å²) < 4.78 is 2.17. The number of aryl methyl sites for hydroxylation is 1. The second-order valence-electron chi connectivity index (χ2n) is 7.16. The zero-order valence-electron chi connectivity index (χ0n) is 14.5. The van der Waals surface area contributed by atoms with E-state index in [-0.39, 0.29) is 0 Å². The average Bonchev–Trinajstić information content (AvgIpc) is 3.31. The summed E-state index contributed by atoms with van der Waals surface area (Å²) in [5.74, 6) is 2.07. The van der Waals surface area contributed by atoms with Crippen LogP contribution in [-0.4, -0.2) is 19.7 Å². The average molecular weight is 321 g/mol. The van der Waals surface area contributed by atoms with E-state index >= 15 is 0 Å². The van der Waals surface area contributed by atoms with E-state index in [4.69, 9.17) is 0 Å². The minimum absolute atomic E-state index is 0.581. The van der Waals surface area contributed by atoms with Crippen LogP contribution in [0.2, 0.25) is 0 Å². The maximum absolute atomic E-state index is 4.62. The summed E-state index contributed by atoms with van der Waals surface area (Å²) in [6.45, 7) is 7.50. The molecule has 0 bridgehead atoms. The number of rotatable bonds is 5. The lowest BCUT2D eigenvalue weighted by atomic mass is 10.1. The summed E-state index contributed by atoms with van der Waals surface area (Å²) in [6, 6.07) is 6.25. The summed E-state index contributed by atoms with van der Waals surface area (Å²) in [5.41, 5.74) is 4.57. The van der Waals surface area contributed by atoms with Gasteiger partial charge in [-0.15, -0.1) is 0 Å². The van der Waals surface area contributed by atoms with Gasteiger partial charge in [0.05, 0.1) is 23.1 Å². The van der Waals surface area contributed by atoms with Gasteiger partial charge in [0, 0.05) is 17.8 Å². The van der Waals surface area contributed by atoms with Crippen LogP contribution in [0.4, 0.5) is 11.5 Å². The molecule has 0 saturated heterocycles. The smallest absolute Gasteiger partial charge is 0.141 e. The van der Waals surface area contributed by atoms with Crippen molar-refractivity contribution in [3.8, 4) is 0 Å². The lowest BCUT2D eigenvalue weighted by Gasteiger charge is -2.12. The highest BCUT2D eigenvalue weighted by Gasteiger charge is 2.30. The zero-order chi connectivity index (χ0) is 16.7. The Morgan fingerprint density at radius 1 is 1.25 bits per heavy atom. The monoisotopic (exact) mass is 321 g/mol. The van der Waals surface area contributed by atoms with Crippen LogP contribution < -0.4 is 5.32 Å². The zero-order valence-corrected chi connectivity index (χ0v) is 14.5. The molecular formula is C19H23N5. The minimum atomic E-state index is 0.581. The molecule has 24 heavy (non-hydrogen) atoms. The van der Waals surface area contributed by atoms with Crippen LogP contribution in [0.3, 0.4) is 0 Å². The van der Waals surface area contributed by atoms with Gasteiger partial charge in [0.25, 0.3) is 0 Å². The molecule has 5 heteroatoms. The van der Waals surface area contributed by atoms with E-state index in [9.17, 15) is 0 Å². The van der Waals surface area contributed by atoms with Crippen LogP contribution in [0.25, 0.3) is 10.9 Å². The molecule has 124 valence electrons. The van der Waals surface area contributed by atoms with Gasteiger partial charge < -0.3 is 5.32 Å². The summed E-state index contributed by atoms with van der Waals surface area (Å²) in [4.78, 5) is 8.84. The normalized spacial score (nSPS) is 14.5. The lowest BCUT2D eigenvalue weighted by molar-refractivity contribution is 0.469. The van der Waals surface area contributed by atoms with E-state index in [0.717, 1.165) is 29.0 Å². The molecule has 4 rings (SSSR count). The summed E-state index contributed by atoms with van der Waals surface area (Å²) in [7, 11) is 0. The summed E-state index contributed by atoms with van der Waals surface area (Å²) >= 11 is 0. The van der Waals surface area contributed by atoms with Crippen LogP contribution in [0.5, 0.6) is 0 Å².